The third-order valence-electron chi connectivity index (χ3n) is 6.22. The van der Waals surface area contributed by atoms with Gasteiger partial charge in [-0.2, -0.15) is 14.9 Å². The van der Waals surface area contributed by atoms with Crippen molar-refractivity contribution in [2.45, 2.75) is 60.0 Å². The van der Waals surface area contributed by atoms with Crippen molar-refractivity contribution in [1.82, 2.24) is 25.0 Å². The van der Waals surface area contributed by atoms with Gasteiger partial charge in [-0.05, 0) is 51.3 Å². The number of nitriles is 2. The molecule has 2 N–H and O–H groups in total. The number of fused-ring (bicyclic) bond motifs is 1. The van der Waals surface area contributed by atoms with Crippen LogP contribution in [-0.4, -0.2) is 31.5 Å². The molecule has 4 rings (SSSR count). The van der Waals surface area contributed by atoms with Gasteiger partial charge in [0, 0.05) is 35.1 Å². The lowest BCUT2D eigenvalue weighted by molar-refractivity contribution is 0.347. The van der Waals surface area contributed by atoms with E-state index < -0.39 is 12.0 Å². The fourth-order valence-corrected chi connectivity index (χ4v) is 4.16. The van der Waals surface area contributed by atoms with E-state index in [-0.39, 0.29) is 11.0 Å². The Morgan fingerprint density at radius 2 is 1.77 bits per heavy atom. The van der Waals surface area contributed by atoms with E-state index in [1.807, 2.05) is 33.0 Å². The van der Waals surface area contributed by atoms with Crippen LogP contribution in [0.25, 0.3) is 10.9 Å². The lowest BCUT2D eigenvalue weighted by Crippen LogP contribution is -2.22. The minimum Gasteiger partial charge on any atom is -0.383 e. The minimum absolute atomic E-state index is 0.0483. The predicted molar refractivity (Wildman–Crippen MR) is 149 cm³/mol. The molecule has 1 atom stereocenters. The zero-order chi connectivity index (χ0) is 28.5. The van der Waals surface area contributed by atoms with E-state index in [2.05, 4.69) is 63.8 Å². The lowest BCUT2D eigenvalue weighted by Gasteiger charge is -2.23. The summed E-state index contributed by atoms with van der Waals surface area (Å²) in [4.78, 5) is 8.44. The molecule has 0 aliphatic rings. The maximum atomic E-state index is 13.9. The number of halogens is 1. The van der Waals surface area contributed by atoms with Crippen molar-refractivity contribution in [3.8, 4) is 12.1 Å². The third-order valence-corrected chi connectivity index (χ3v) is 6.22. The third kappa shape index (κ3) is 5.96. The van der Waals surface area contributed by atoms with E-state index in [1.54, 1.807) is 23.7 Å². The second-order valence-corrected chi connectivity index (χ2v) is 11.7. The van der Waals surface area contributed by atoms with E-state index in [1.165, 1.54) is 12.3 Å². The highest BCUT2D eigenvalue weighted by Crippen LogP contribution is 2.34. The molecule has 1 unspecified atom stereocenters. The number of aryl methyl sites for hydroxylation is 1. The van der Waals surface area contributed by atoms with E-state index in [0.29, 0.717) is 56.9 Å². The Hall–Kier alpha value is -4.57. The van der Waals surface area contributed by atoms with Crippen LogP contribution in [0.3, 0.4) is 0 Å². The number of anilines is 2. The first-order chi connectivity index (χ1) is 18.3. The van der Waals surface area contributed by atoms with Crippen molar-refractivity contribution in [3.63, 3.8) is 0 Å². The Labute approximate surface area is 227 Å². The van der Waals surface area contributed by atoms with Crippen LogP contribution in [0.15, 0.2) is 36.7 Å². The number of aromatic nitrogens is 5. The molecule has 3 heterocycles. The molecule has 1 aromatic carbocycles. The summed E-state index contributed by atoms with van der Waals surface area (Å²) >= 11 is 0. The van der Waals surface area contributed by atoms with E-state index in [9.17, 15) is 14.9 Å². The highest BCUT2D eigenvalue weighted by atomic mass is 19.1. The van der Waals surface area contributed by atoms with Crippen molar-refractivity contribution >= 4 is 22.3 Å². The van der Waals surface area contributed by atoms with Gasteiger partial charge in [-0.1, -0.05) is 32.1 Å². The van der Waals surface area contributed by atoms with Crippen LogP contribution in [-0.2, 0) is 5.54 Å². The molecule has 0 aliphatic heterocycles. The Morgan fingerprint density at radius 3 is 2.36 bits per heavy atom. The maximum Gasteiger partial charge on any atom is 0.213 e. The number of pyridine rings is 2. The van der Waals surface area contributed by atoms with Gasteiger partial charge < -0.3 is 10.6 Å². The summed E-state index contributed by atoms with van der Waals surface area (Å²) in [5.74, 6) is -0.574. The molecule has 9 nitrogen and oxygen atoms in total. The largest absolute Gasteiger partial charge is 0.383 e. The molecule has 0 fully saturated rings. The first-order valence-electron chi connectivity index (χ1n) is 12.6. The summed E-state index contributed by atoms with van der Waals surface area (Å²) in [5.41, 5.74) is 3.93. The van der Waals surface area contributed by atoms with Crippen LogP contribution < -0.4 is 10.6 Å². The molecule has 4 aromatic rings. The summed E-state index contributed by atoms with van der Waals surface area (Å²) in [7, 11) is 0. The first kappa shape index (κ1) is 27.5. The van der Waals surface area contributed by atoms with Crippen LogP contribution >= 0.6 is 0 Å². The van der Waals surface area contributed by atoms with E-state index in [4.69, 9.17) is 0 Å². The van der Waals surface area contributed by atoms with Gasteiger partial charge in [0.1, 0.15) is 17.8 Å². The molecule has 39 heavy (non-hydrogen) atoms. The van der Waals surface area contributed by atoms with Gasteiger partial charge in [-0.25, -0.2) is 9.67 Å². The van der Waals surface area contributed by atoms with Crippen LogP contribution in [0.2, 0.25) is 0 Å². The highest BCUT2D eigenvalue weighted by molar-refractivity contribution is 5.99. The minimum atomic E-state index is -0.574. The molecular weight excluding hydrogens is 493 g/mol. The molecule has 200 valence electrons. The normalized spacial score (nSPS) is 12.6. The van der Waals surface area contributed by atoms with Gasteiger partial charge in [0.2, 0.25) is 5.95 Å². The summed E-state index contributed by atoms with van der Waals surface area (Å²) in [6.07, 6.45) is 3.33. The number of rotatable bonds is 6. The molecule has 0 saturated heterocycles. The summed E-state index contributed by atoms with van der Waals surface area (Å²) in [6.45, 7) is 14.7. The van der Waals surface area contributed by atoms with Crippen LogP contribution in [0.1, 0.15) is 75.7 Å². The molecule has 3 aromatic heterocycles. The second kappa shape index (κ2) is 10.3. The van der Waals surface area contributed by atoms with Crippen molar-refractivity contribution in [2.24, 2.45) is 5.41 Å². The van der Waals surface area contributed by atoms with Gasteiger partial charge in [0.05, 0.1) is 40.1 Å². The number of hydrogen-bond donors (Lipinski definition) is 2. The summed E-state index contributed by atoms with van der Waals surface area (Å²) in [6, 6.07) is 10.5. The van der Waals surface area contributed by atoms with Crippen LogP contribution in [0.4, 0.5) is 15.8 Å². The van der Waals surface area contributed by atoms with E-state index >= 15 is 0 Å². The van der Waals surface area contributed by atoms with Gasteiger partial charge in [0.15, 0.2) is 0 Å². The molecule has 0 spiro atoms. The molecule has 0 amide bonds. The Kier molecular flexibility index (Phi) is 7.25. The number of nitrogens with zero attached hydrogens (tertiary/aromatic N) is 7. The van der Waals surface area contributed by atoms with Gasteiger partial charge >= 0.3 is 0 Å². The van der Waals surface area contributed by atoms with Crippen molar-refractivity contribution in [3.05, 3.63) is 70.7 Å². The van der Waals surface area contributed by atoms with Gasteiger partial charge in [-0.15, -0.1) is 5.10 Å². The lowest BCUT2D eigenvalue weighted by atomic mass is 9.96. The molecule has 0 aliphatic carbocycles. The number of benzene rings is 1. The smallest absolute Gasteiger partial charge is 0.213 e. The Bertz CT molecular complexity index is 1610. The fraction of sp³-hybridized carbons (Fsp3) is 0.379. The maximum absolute atomic E-state index is 13.9. The van der Waals surface area contributed by atoms with Gasteiger partial charge in [0.25, 0.3) is 0 Å². The Morgan fingerprint density at radius 1 is 1.05 bits per heavy atom. The highest BCUT2D eigenvalue weighted by Gasteiger charge is 2.25. The molecule has 0 saturated carbocycles. The Balaban J connectivity index is 1.88. The van der Waals surface area contributed by atoms with Crippen LogP contribution in [0, 0.1) is 40.9 Å². The number of nitrogens with one attached hydrogen (secondary N) is 2. The summed E-state index contributed by atoms with van der Waals surface area (Å²) in [5, 5.41) is 36.0. The van der Waals surface area contributed by atoms with Crippen molar-refractivity contribution in [1.29, 1.82) is 10.5 Å². The molecule has 0 bridgehead atoms. The summed E-state index contributed by atoms with van der Waals surface area (Å²) < 4.78 is 15.7. The van der Waals surface area contributed by atoms with Gasteiger partial charge in [-0.3, -0.25) is 4.98 Å². The monoisotopic (exact) mass is 525 g/mol. The topological polar surface area (TPSA) is 128 Å². The van der Waals surface area contributed by atoms with E-state index in [0.717, 1.165) is 0 Å². The predicted octanol–water partition coefficient (Wildman–Crippen LogP) is 5.83. The molecule has 10 heteroatoms. The van der Waals surface area contributed by atoms with Crippen LogP contribution in [0.5, 0.6) is 0 Å². The zero-order valence-electron chi connectivity index (χ0n) is 23.3. The quantitative estimate of drug-likeness (QED) is 0.301. The average molecular weight is 526 g/mol. The average Bonchev–Trinajstić information content (AvgIpc) is 3.36. The van der Waals surface area contributed by atoms with Crippen molar-refractivity contribution < 1.29 is 4.39 Å². The SMILES string of the molecule is Cc1nc(F)ccc1C(Nc1cc(C#N)c2ncc(C#N)c(NCC(C)(C)C)c2c1)c1cn(C(C)(C)C)nn1. The zero-order valence-corrected chi connectivity index (χ0v) is 23.3. The second-order valence-electron chi connectivity index (χ2n) is 11.7. The molecular formula is C29H32FN9. The van der Waals surface area contributed by atoms with Crippen molar-refractivity contribution in [2.75, 3.05) is 17.2 Å². The molecule has 0 radical (unpaired) electrons. The fourth-order valence-electron chi connectivity index (χ4n) is 4.16. The standard InChI is InChI=1S/C29H32FN9/c1-17-21(8-9-24(30)35-17)27(23-15-39(38-37-23)29(5,6)7)36-20-10-18(12-31)25-22(11-20)26(19(13-32)14-33-25)34-16-28(2,3)4/h8-11,14-15,27,36H,16H2,1-7H3,(H,33,34). The first-order valence-corrected chi connectivity index (χ1v) is 12.6. The number of hydrogen-bond acceptors (Lipinski definition) is 8.